The van der Waals surface area contributed by atoms with Crippen LogP contribution in [0.2, 0.25) is 0 Å². The van der Waals surface area contributed by atoms with Gasteiger partial charge >= 0.3 is 0 Å². The van der Waals surface area contributed by atoms with Crippen molar-refractivity contribution in [1.82, 2.24) is 5.32 Å². The van der Waals surface area contributed by atoms with Crippen LogP contribution in [0.15, 0.2) is 48.5 Å². The second-order valence-corrected chi connectivity index (χ2v) is 5.80. The minimum atomic E-state index is 0. The number of benzene rings is 2. The van der Waals surface area contributed by atoms with E-state index in [9.17, 15) is 4.79 Å². The van der Waals surface area contributed by atoms with E-state index in [-0.39, 0.29) is 30.7 Å². The molecular weight excluding hydrogens is 357 g/mol. The van der Waals surface area contributed by atoms with Crippen LogP contribution in [0.5, 0.6) is 0 Å². The smallest absolute Gasteiger partial charge is 0.224 e. The van der Waals surface area contributed by atoms with Gasteiger partial charge in [-0.25, -0.2) is 0 Å². The Labute approximate surface area is 161 Å². The molecule has 0 spiro atoms. The number of halogens is 2. The van der Waals surface area contributed by atoms with E-state index in [1.807, 2.05) is 25.2 Å². The molecule has 1 aliphatic rings. The number of nitrogens with zero attached hydrogens (tertiary/aromatic N) is 1. The topological polar surface area (TPSA) is 44.4 Å². The van der Waals surface area contributed by atoms with Crippen molar-refractivity contribution in [2.75, 3.05) is 30.4 Å². The molecule has 4 nitrogen and oxygen atoms in total. The van der Waals surface area contributed by atoms with Crippen LogP contribution in [0.1, 0.15) is 18.4 Å². The zero-order valence-corrected chi connectivity index (χ0v) is 16.0. The van der Waals surface area contributed by atoms with E-state index < -0.39 is 0 Å². The summed E-state index contributed by atoms with van der Waals surface area (Å²) in [4.78, 5) is 14.4. The lowest BCUT2D eigenvalue weighted by Crippen LogP contribution is -2.19. The van der Waals surface area contributed by atoms with Gasteiger partial charge in [-0.2, -0.15) is 0 Å². The molecule has 0 atom stereocenters. The van der Waals surface area contributed by atoms with Crippen LogP contribution in [0.3, 0.4) is 0 Å². The normalized spacial score (nSPS) is 12.0. The van der Waals surface area contributed by atoms with E-state index >= 15 is 0 Å². The van der Waals surface area contributed by atoms with Gasteiger partial charge in [0.2, 0.25) is 5.91 Å². The molecule has 2 N–H and O–H groups in total. The molecule has 0 aromatic heterocycles. The molecule has 0 bridgehead atoms. The van der Waals surface area contributed by atoms with Gasteiger partial charge in [0.05, 0.1) is 11.4 Å². The predicted octanol–water partition coefficient (Wildman–Crippen LogP) is 4.16. The van der Waals surface area contributed by atoms with E-state index in [2.05, 4.69) is 45.9 Å². The molecular formula is C19H25Cl2N3O. The highest BCUT2D eigenvalue weighted by atomic mass is 35.5. The van der Waals surface area contributed by atoms with Crippen molar-refractivity contribution in [2.45, 2.75) is 19.3 Å². The summed E-state index contributed by atoms with van der Waals surface area (Å²) >= 11 is 0. The standard InChI is InChI=1S/C19H23N3O.2ClH/c1-20-13-6-11-19(23)21-16-8-3-5-10-18(16)22-14-12-15-7-2-4-9-17(15)22;;/h2-5,7-10,20H,6,11-14H2,1H3,(H,21,23);2*1H. The summed E-state index contributed by atoms with van der Waals surface area (Å²) in [6.07, 6.45) is 2.42. The largest absolute Gasteiger partial charge is 0.339 e. The van der Waals surface area contributed by atoms with Crippen LogP contribution < -0.4 is 15.5 Å². The highest BCUT2D eigenvalue weighted by Crippen LogP contribution is 2.38. The molecule has 3 rings (SSSR count). The number of fused-ring (bicyclic) bond motifs is 1. The minimum absolute atomic E-state index is 0. The first kappa shape index (κ1) is 21.3. The molecule has 2 aromatic carbocycles. The van der Waals surface area contributed by atoms with Crippen molar-refractivity contribution >= 4 is 47.8 Å². The summed E-state index contributed by atoms with van der Waals surface area (Å²) < 4.78 is 0. The maximum absolute atomic E-state index is 12.1. The van der Waals surface area contributed by atoms with Crippen molar-refractivity contribution in [3.63, 3.8) is 0 Å². The van der Waals surface area contributed by atoms with Gasteiger partial charge in [-0.05, 0) is 50.2 Å². The lowest BCUT2D eigenvalue weighted by molar-refractivity contribution is -0.116. The quantitative estimate of drug-likeness (QED) is 0.738. The molecule has 1 heterocycles. The highest BCUT2D eigenvalue weighted by Gasteiger charge is 2.22. The summed E-state index contributed by atoms with van der Waals surface area (Å²) in [5.41, 5.74) is 4.56. The molecule has 6 heteroatoms. The van der Waals surface area contributed by atoms with Gasteiger partial charge in [0, 0.05) is 18.7 Å². The second kappa shape index (κ2) is 10.3. The summed E-state index contributed by atoms with van der Waals surface area (Å²) in [7, 11) is 1.90. The second-order valence-electron chi connectivity index (χ2n) is 5.80. The molecule has 1 aliphatic heterocycles. The molecule has 0 aliphatic carbocycles. The molecule has 25 heavy (non-hydrogen) atoms. The molecule has 0 radical (unpaired) electrons. The van der Waals surface area contributed by atoms with Crippen molar-refractivity contribution in [3.05, 3.63) is 54.1 Å². The average Bonchev–Trinajstić information content (AvgIpc) is 2.99. The fraction of sp³-hybridized carbons (Fsp3) is 0.316. The Morgan fingerprint density at radius 2 is 1.72 bits per heavy atom. The molecule has 0 fully saturated rings. The summed E-state index contributed by atoms with van der Waals surface area (Å²) in [6.45, 7) is 1.81. The zero-order valence-electron chi connectivity index (χ0n) is 14.3. The first-order valence-corrected chi connectivity index (χ1v) is 8.18. The van der Waals surface area contributed by atoms with Crippen LogP contribution >= 0.6 is 24.8 Å². The van der Waals surface area contributed by atoms with Gasteiger partial charge in [0.15, 0.2) is 0 Å². The van der Waals surface area contributed by atoms with Crippen molar-refractivity contribution in [3.8, 4) is 0 Å². The first-order chi connectivity index (χ1) is 11.3. The monoisotopic (exact) mass is 381 g/mol. The van der Waals surface area contributed by atoms with Crippen molar-refractivity contribution < 1.29 is 4.79 Å². The van der Waals surface area contributed by atoms with Crippen LogP contribution in [-0.2, 0) is 11.2 Å². The summed E-state index contributed by atoms with van der Waals surface area (Å²) in [5, 5.41) is 6.13. The van der Waals surface area contributed by atoms with Crippen LogP contribution in [-0.4, -0.2) is 26.0 Å². The van der Waals surface area contributed by atoms with Crippen molar-refractivity contribution in [1.29, 1.82) is 0 Å². The third-order valence-electron chi connectivity index (χ3n) is 4.19. The predicted molar refractivity (Wildman–Crippen MR) is 110 cm³/mol. The Morgan fingerprint density at radius 1 is 1.04 bits per heavy atom. The summed E-state index contributed by atoms with van der Waals surface area (Å²) in [6, 6.07) is 16.5. The number of nitrogens with one attached hydrogen (secondary N) is 2. The number of carbonyl (C=O) groups is 1. The van der Waals surface area contributed by atoms with E-state index in [1.165, 1.54) is 11.3 Å². The van der Waals surface area contributed by atoms with E-state index in [0.29, 0.717) is 6.42 Å². The Kier molecular flexibility index (Phi) is 8.76. The van der Waals surface area contributed by atoms with Crippen LogP contribution in [0, 0.1) is 0 Å². The molecule has 2 aromatic rings. The van der Waals surface area contributed by atoms with Gasteiger partial charge in [0.25, 0.3) is 0 Å². The molecule has 0 saturated carbocycles. The summed E-state index contributed by atoms with van der Waals surface area (Å²) in [5.74, 6) is 0.0696. The third kappa shape index (κ3) is 5.11. The Balaban J connectivity index is 0.00000156. The van der Waals surface area contributed by atoms with Gasteiger partial charge < -0.3 is 15.5 Å². The third-order valence-corrected chi connectivity index (χ3v) is 4.19. The van der Waals surface area contributed by atoms with E-state index in [4.69, 9.17) is 0 Å². The van der Waals surface area contributed by atoms with Crippen molar-refractivity contribution in [2.24, 2.45) is 0 Å². The fourth-order valence-corrected chi connectivity index (χ4v) is 3.04. The maximum Gasteiger partial charge on any atom is 0.224 e. The Morgan fingerprint density at radius 3 is 2.48 bits per heavy atom. The minimum Gasteiger partial charge on any atom is -0.339 e. The van der Waals surface area contributed by atoms with E-state index in [0.717, 1.165) is 37.3 Å². The maximum atomic E-state index is 12.1. The number of rotatable bonds is 6. The molecule has 0 unspecified atom stereocenters. The number of hydrogen-bond acceptors (Lipinski definition) is 3. The molecule has 0 saturated heterocycles. The molecule has 136 valence electrons. The Hall–Kier alpha value is -1.75. The highest BCUT2D eigenvalue weighted by molar-refractivity contribution is 5.95. The van der Waals surface area contributed by atoms with Crippen LogP contribution in [0.25, 0.3) is 0 Å². The first-order valence-electron chi connectivity index (χ1n) is 8.18. The number of carbonyl (C=O) groups excluding carboxylic acids is 1. The lowest BCUT2D eigenvalue weighted by atomic mass is 10.1. The fourth-order valence-electron chi connectivity index (χ4n) is 3.04. The Bertz CT molecular complexity index is 694. The lowest BCUT2D eigenvalue weighted by Gasteiger charge is -2.23. The zero-order chi connectivity index (χ0) is 16.1. The number of anilines is 3. The SMILES string of the molecule is CNCCCC(=O)Nc1ccccc1N1CCc2ccccc21.Cl.Cl. The number of para-hydroxylation sites is 3. The van der Waals surface area contributed by atoms with Gasteiger partial charge in [-0.3, -0.25) is 4.79 Å². The molecule has 1 amide bonds. The van der Waals surface area contributed by atoms with E-state index in [1.54, 1.807) is 0 Å². The average molecular weight is 382 g/mol. The van der Waals surface area contributed by atoms with Gasteiger partial charge in [0.1, 0.15) is 0 Å². The van der Waals surface area contributed by atoms with Gasteiger partial charge in [-0.1, -0.05) is 30.3 Å². The van der Waals surface area contributed by atoms with Crippen LogP contribution in [0.4, 0.5) is 17.1 Å². The van der Waals surface area contributed by atoms with Gasteiger partial charge in [-0.15, -0.1) is 24.8 Å². The number of amides is 1. The number of hydrogen-bond donors (Lipinski definition) is 2.